The molecule has 0 atom stereocenters. The SMILES string of the molecule is COC(=O)/C(=C\c1cccc([N+](=O)[O-])c1)C(=O)C(OC)OC. The number of methoxy groups -OCH3 is 3. The molecule has 0 aliphatic rings. The van der Waals surface area contributed by atoms with E-state index >= 15 is 0 Å². The zero-order valence-corrected chi connectivity index (χ0v) is 12.3. The van der Waals surface area contributed by atoms with E-state index in [1.165, 1.54) is 44.6 Å². The molecule has 0 saturated carbocycles. The Bertz CT molecular complexity index is 605. The molecule has 0 fully saturated rings. The number of nitrogens with zero attached hydrogens (tertiary/aromatic N) is 1. The lowest BCUT2D eigenvalue weighted by Crippen LogP contribution is -2.29. The molecular weight excluding hydrogens is 294 g/mol. The molecule has 0 aliphatic carbocycles. The number of carbonyl (C=O) groups excluding carboxylic acids is 2. The van der Waals surface area contributed by atoms with Crippen molar-refractivity contribution in [3.63, 3.8) is 0 Å². The molecule has 0 bridgehead atoms. The van der Waals surface area contributed by atoms with Gasteiger partial charge in [0.05, 0.1) is 12.0 Å². The number of non-ortho nitro benzene ring substituents is 1. The van der Waals surface area contributed by atoms with E-state index in [-0.39, 0.29) is 11.3 Å². The van der Waals surface area contributed by atoms with Crippen molar-refractivity contribution < 1.29 is 28.7 Å². The monoisotopic (exact) mass is 309 g/mol. The van der Waals surface area contributed by atoms with E-state index < -0.39 is 23.0 Å². The molecule has 8 nitrogen and oxygen atoms in total. The Morgan fingerprint density at radius 1 is 1.23 bits per heavy atom. The van der Waals surface area contributed by atoms with Crippen LogP contribution in [0, 0.1) is 10.1 Å². The van der Waals surface area contributed by atoms with Gasteiger partial charge in [-0.3, -0.25) is 14.9 Å². The van der Waals surface area contributed by atoms with Crippen LogP contribution in [0.3, 0.4) is 0 Å². The molecule has 0 radical (unpaired) electrons. The summed E-state index contributed by atoms with van der Waals surface area (Å²) in [4.78, 5) is 34.1. The van der Waals surface area contributed by atoms with E-state index in [1.54, 1.807) is 0 Å². The molecule has 0 saturated heterocycles. The first kappa shape index (κ1) is 17.5. The van der Waals surface area contributed by atoms with Gasteiger partial charge in [0.15, 0.2) is 0 Å². The predicted octanol–water partition coefficient (Wildman–Crippen LogP) is 1.34. The van der Waals surface area contributed by atoms with Gasteiger partial charge in [0.25, 0.3) is 5.69 Å². The Balaban J connectivity index is 3.27. The second kappa shape index (κ2) is 8.01. The molecule has 1 aromatic rings. The van der Waals surface area contributed by atoms with Gasteiger partial charge in [0, 0.05) is 26.4 Å². The lowest BCUT2D eigenvalue weighted by Gasteiger charge is -2.13. The fourth-order valence-electron chi connectivity index (χ4n) is 1.67. The van der Waals surface area contributed by atoms with Crippen molar-refractivity contribution in [2.45, 2.75) is 6.29 Å². The summed E-state index contributed by atoms with van der Waals surface area (Å²) in [6.45, 7) is 0. The number of Topliss-reactive ketones (excluding diaryl/α,β-unsaturated/α-hetero) is 1. The summed E-state index contributed by atoms with van der Waals surface area (Å²) in [5, 5.41) is 10.8. The van der Waals surface area contributed by atoms with E-state index in [9.17, 15) is 19.7 Å². The quantitative estimate of drug-likeness (QED) is 0.142. The zero-order chi connectivity index (χ0) is 16.7. The highest BCUT2D eigenvalue weighted by atomic mass is 16.7. The van der Waals surface area contributed by atoms with E-state index in [1.807, 2.05) is 0 Å². The highest BCUT2D eigenvalue weighted by Gasteiger charge is 2.27. The van der Waals surface area contributed by atoms with Crippen LogP contribution in [-0.4, -0.2) is 44.3 Å². The number of rotatable bonds is 7. The number of esters is 1. The van der Waals surface area contributed by atoms with Crippen molar-refractivity contribution >= 4 is 23.5 Å². The standard InChI is InChI=1S/C14H15NO7/c1-20-13(17)11(12(16)14(21-2)22-3)8-9-5-4-6-10(7-9)15(18)19/h4-8,14H,1-3H3/b11-8-. The summed E-state index contributed by atoms with van der Waals surface area (Å²) < 4.78 is 14.2. The van der Waals surface area contributed by atoms with Crippen molar-refractivity contribution in [2.75, 3.05) is 21.3 Å². The summed E-state index contributed by atoms with van der Waals surface area (Å²) in [6, 6.07) is 5.47. The molecule has 0 N–H and O–H groups in total. The van der Waals surface area contributed by atoms with Crippen LogP contribution in [-0.2, 0) is 23.8 Å². The van der Waals surface area contributed by atoms with Gasteiger partial charge in [-0.1, -0.05) is 12.1 Å². The normalized spacial score (nSPS) is 11.4. The van der Waals surface area contributed by atoms with Gasteiger partial charge in [-0.05, 0) is 11.6 Å². The maximum absolute atomic E-state index is 12.2. The van der Waals surface area contributed by atoms with Gasteiger partial charge < -0.3 is 14.2 Å². The van der Waals surface area contributed by atoms with Gasteiger partial charge in [0.2, 0.25) is 12.1 Å². The van der Waals surface area contributed by atoms with Crippen LogP contribution in [0.15, 0.2) is 29.8 Å². The third kappa shape index (κ3) is 4.21. The van der Waals surface area contributed by atoms with Crippen molar-refractivity contribution in [1.82, 2.24) is 0 Å². The highest BCUT2D eigenvalue weighted by Crippen LogP contribution is 2.17. The number of carbonyl (C=O) groups is 2. The van der Waals surface area contributed by atoms with Crippen LogP contribution < -0.4 is 0 Å². The number of hydrogen-bond donors (Lipinski definition) is 0. The number of hydrogen-bond acceptors (Lipinski definition) is 7. The summed E-state index contributed by atoms with van der Waals surface area (Å²) in [5.74, 6) is -1.64. The van der Waals surface area contributed by atoms with E-state index in [4.69, 9.17) is 9.47 Å². The minimum Gasteiger partial charge on any atom is -0.465 e. The van der Waals surface area contributed by atoms with Gasteiger partial charge in [-0.2, -0.15) is 0 Å². The van der Waals surface area contributed by atoms with Gasteiger partial charge in [-0.25, -0.2) is 4.79 Å². The smallest absolute Gasteiger partial charge is 0.341 e. The average Bonchev–Trinajstić information content (AvgIpc) is 2.53. The summed E-state index contributed by atoms with van der Waals surface area (Å²) in [7, 11) is 3.61. The molecule has 0 aliphatic heterocycles. The first-order valence-electron chi connectivity index (χ1n) is 6.08. The van der Waals surface area contributed by atoms with E-state index in [0.717, 1.165) is 7.11 Å². The number of ether oxygens (including phenoxy) is 3. The molecule has 1 aromatic carbocycles. The topological polar surface area (TPSA) is 105 Å². The lowest BCUT2D eigenvalue weighted by molar-refractivity contribution is -0.384. The molecular formula is C14H15NO7. The first-order valence-corrected chi connectivity index (χ1v) is 6.08. The van der Waals surface area contributed by atoms with E-state index in [2.05, 4.69) is 4.74 Å². The Labute approximate surface area is 126 Å². The third-order valence-electron chi connectivity index (χ3n) is 2.71. The first-order chi connectivity index (χ1) is 10.4. The molecule has 0 amide bonds. The number of ketones is 1. The minimum atomic E-state index is -1.27. The predicted molar refractivity (Wildman–Crippen MR) is 75.9 cm³/mol. The summed E-state index contributed by atoms with van der Waals surface area (Å²) >= 11 is 0. The lowest BCUT2D eigenvalue weighted by atomic mass is 10.1. The van der Waals surface area contributed by atoms with Gasteiger partial charge >= 0.3 is 5.97 Å². The number of nitro groups is 1. The van der Waals surface area contributed by atoms with Crippen molar-refractivity contribution in [3.05, 3.63) is 45.5 Å². The largest absolute Gasteiger partial charge is 0.465 e. The summed E-state index contributed by atoms with van der Waals surface area (Å²) in [5.41, 5.74) is -0.203. The number of benzene rings is 1. The molecule has 8 heteroatoms. The van der Waals surface area contributed by atoms with Crippen molar-refractivity contribution in [3.8, 4) is 0 Å². The molecule has 0 heterocycles. The molecule has 22 heavy (non-hydrogen) atoms. The molecule has 0 unspecified atom stereocenters. The minimum absolute atomic E-state index is 0.166. The maximum atomic E-state index is 12.2. The molecule has 0 spiro atoms. The Morgan fingerprint density at radius 2 is 1.86 bits per heavy atom. The van der Waals surface area contributed by atoms with Crippen molar-refractivity contribution in [2.24, 2.45) is 0 Å². The summed E-state index contributed by atoms with van der Waals surface area (Å²) in [6.07, 6.45) is -0.0873. The van der Waals surface area contributed by atoms with Crippen LogP contribution in [0.25, 0.3) is 6.08 Å². The van der Waals surface area contributed by atoms with Crippen LogP contribution in [0.4, 0.5) is 5.69 Å². The van der Waals surface area contributed by atoms with Crippen LogP contribution >= 0.6 is 0 Å². The Morgan fingerprint density at radius 3 is 2.36 bits per heavy atom. The second-order valence-electron chi connectivity index (χ2n) is 4.07. The highest BCUT2D eigenvalue weighted by molar-refractivity contribution is 6.21. The molecule has 118 valence electrons. The molecule has 0 aromatic heterocycles. The zero-order valence-electron chi connectivity index (χ0n) is 12.3. The van der Waals surface area contributed by atoms with Crippen LogP contribution in [0.2, 0.25) is 0 Å². The van der Waals surface area contributed by atoms with Gasteiger partial charge in [-0.15, -0.1) is 0 Å². The fraction of sp³-hybridized carbons (Fsp3) is 0.286. The number of nitro benzene ring substituents is 1. The Kier molecular flexibility index (Phi) is 6.36. The molecule has 1 rings (SSSR count). The fourth-order valence-corrected chi connectivity index (χ4v) is 1.67. The van der Waals surface area contributed by atoms with Gasteiger partial charge in [0.1, 0.15) is 5.57 Å². The third-order valence-corrected chi connectivity index (χ3v) is 2.71. The maximum Gasteiger partial charge on any atom is 0.341 e. The second-order valence-corrected chi connectivity index (χ2v) is 4.07. The average molecular weight is 309 g/mol. The van der Waals surface area contributed by atoms with Crippen LogP contribution in [0.1, 0.15) is 5.56 Å². The van der Waals surface area contributed by atoms with E-state index in [0.29, 0.717) is 5.56 Å². The van der Waals surface area contributed by atoms with Crippen LogP contribution in [0.5, 0.6) is 0 Å². The Hall–Kier alpha value is -2.58. The van der Waals surface area contributed by atoms with Crippen molar-refractivity contribution in [1.29, 1.82) is 0 Å².